The second-order valence-corrected chi connectivity index (χ2v) is 8.63. The van der Waals surface area contributed by atoms with Gasteiger partial charge < -0.3 is 9.64 Å². The molecule has 1 unspecified atom stereocenters. The Morgan fingerprint density at radius 2 is 1.85 bits per heavy atom. The van der Waals surface area contributed by atoms with Crippen molar-refractivity contribution in [3.05, 3.63) is 53.6 Å². The van der Waals surface area contributed by atoms with E-state index in [0.29, 0.717) is 23.4 Å². The lowest BCUT2D eigenvalue weighted by molar-refractivity contribution is -0.117. The molecule has 3 rings (SSSR count). The molecule has 7 heteroatoms. The molecular weight excluding hydrogens is 364 g/mol. The van der Waals surface area contributed by atoms with Crippen molar-refractivity contribution < 1.29 is 17.9 Å². The van der Waals surface area contributed by atoms with Crippen LogP contribution in [0.1, 0.15) is 17.5 Å². The number of aryl methyl sites for hydroxylation is 2. The third kappa shape index (κ3) is 4.31. The number of carbonyl (C=O) groups is 1. The molecule has 1 N–H and O–H groups in total. The number of carbonyl (C=O) groups excluding carboxylic acids is 1. The number of sulfonamides is 1. The van der Waals surface area contributed by atoms with E-state index in [-0.39, 0.29) is 18.4 Å². The summed E-state index contributed by atoms with van der Waals surface area (Å²) < 4.78 is 33.1. The summed E-state index contributed by atoms with van der Waals surface area (Å²) in [6.07, 6.45) is 0.321. The number of hydrogen-bond acceptors (Lipinski definition) is 4. The second kappa shape index (κ2) is 7.70. The lowest BCUT2D eigenvalue weighted by atomic mass is 10.1. The topological polar surface area (TPSA) is 75.7 Å². The van der Waals surface area contributed by atoms with Crippen molar-refractivity contribution in [2.24, 2.45) is 5.92 Å². The second-order valence-electron chi connectivity index (χ2n) is 6.89. The van der Waals surface area contributed by atoms with E-state index < -0.39 is 10.0 Å². The Kier molecular flexibility index (Phi) is 5.53. The van der Waals surface area contributed by atoms with E-state index in [1.165, 1.54) is 0 Å². The van der Waals surface area contributed by atoms with E-state index in [0.717, 1.165) is 17.0 Å². The first-order chi connectivity index (χ1) is 12.8. The number of nitrogens with zero attached hydrogens (tertiary/aromatic N) is 1. The van der Waals surface area contributed by atoms with Crippen LogP contribution >= 0.6 is 0 Å². The fourth-order valence-corrected chi connectivity index (χ4v) is 4.68. The number of nitrogens with one attached hydrogen (secondary N) is 1. The largest absolute Gasteiger partial charge is 0.497 e. The van der Waals surface area contributed by atoms with Crippen molar-refractivity contribution in [1.82, 2.24) is 4.72 Å². The van der Waals surface area contributed by atoms with Crippen molar-refractivity contribution in [2.75, 3.05) is 25.1 Å². The fourth-order valence-electron chi connectivity index (χ4n) is 3.23. The zero-order valence-electron chi connectivity index (χ0n) is 15.7. The number of methoxy groups -OCH3 is 1. The van der Waals surface area contributed by atoms with Gasteiger partial charge in [-0.15, -0.1) is 0 Å². The molecule has 2 aromatic rings. The summed E-state index contributed by atoms with van der Waals surface area (Å²) in [5, 5.41) is 0. The SMILES string of the molecule is COc1ccc(N2CC(CNS(=O)(=O)c3cc(C)ccc3C)CC2=O)cc1. The zero-order valence-corrected chi connectivity index (χ0v) is 16.5. The van der Waals surface area contributed by atoms with Gasteiger partial charge in [-0.05, 0) is 61.2 Å². The Morgan fingerprint density at radius 1 is 1.15 bits per heavy atom. The molecule has 27 heavy (non-hydrogen) atoms. The lowest BCUT2D eigenvalue weighted by Gasteiger charge is -2.17. The van der Waals surface area contributed by atoms with Crippen LogP contribution in [0.5, 0.6) is 5.75 Å². The normalized spacial score (nSPS) is 17.4. The minimum atomic E-state index is -3.61. The van der Waals surface area contributed by atoms with Gasteiger partial charge in [0.05, 0.1) is 12.0 Å². The number of benzene rings is 2. The first-order valence-electron chi connectivity index (χ1n) is 8.81. The maximum absolute atomic E-state index is 12.6. The van der Waals surface area contributed by atoms with Crippen LogP contribution in [-0.2, 0) is 14.8 Å². The molecular formula is C20H24N2O4S. The molecule has 2 aromatic carbocycles. The number of hydrogen-bond donors (Lipinski definition) is 1. The third-order valence-corrected chi connectivity index (χ3v) is 6.35. The van der Waals surface area contributed by atoms with Crippen LogP contribution in [0.25, 0.3) is 0 Å². The number of amides is 1. The van der Waals surface area contributed by atoms with Crippen molar-refractivity contribution in [1.29, 1.82) is 0 Å². The molecule has 1 aliphatic rings. The molecule has 1 amide bonds. The maximum Gasteiger partial charge on any atom is 0.240 e. The van der Waals surface area contributed by atoms with Gasteiger partial charge >= 0.3 is 0 Å². The predicted molar refractivity (Wildman–Crippen MR) is 105 cm³/mol. The molecule has 1 atom stereocenters. The van der Waals surface area contributed by atoms with Crippen molar-refractivity contribution in [3.63, 3.8) is 0 Å². The Bertz CT molecular complexity index is 939. The first kappa shape index (κ1) is 19.4. The van der Waals surface area contributed by atoms with Gasteiger partial charge in [0.15, 0.2) is 0 Å². The maximum atomic E-state index is 12.6. The Hall–Kier alpha value is -2.38. The summed E-state index contributed by atoms with van der Waals surface area (Å²) in [6.45, 7) is 4.36. The van der Waals surface area contributed by atoms with E-state index in [2.05, 4.69) is 4.72 Å². The van der Waals surface area contributed by atoms with Gasteiger partial charge in [-0.2, -0.15) is 0 Å². The average Bonchev–Trinajstić information content (AvgIpc) is 3.03. The highest BCUT2D eigenvalue weighted by Crippen LogP contribution is 2.27. The lowest BCUT2D eigenvalue weighted by Crippen LogP contribution is -2.31. The van der Waals surface area contributed by atoms with Gasteiger partial charge in [0.2, 0.25) is 15.9 Å². The Labute approximate surface area is 160 Å². The molecule has 0 saturated carbocycles. The van der Waals surface area contributed by atoms with Gasteiger partial charge in [0.1, 0.15) is 5.75 Å². The minimum Gasteiger partial charge on any atom is -0.497 e. The van der Waals surface area contributed by atoms with Gasteiger partial charge in [-0.1, -0.05) is 12.1 Å². The molecule has 1 fully saturated rings. The number of rotatable bonds is 6. The van der Waals surface area contributed by atoms with Crippen molar-refractivity contribution >= 4 is 21.6 Å². The van der Waals surface area contributed by atoms with Gasteiger partial charge in [-0.25, -0.2) is 13.1 Å². The van der Waals surface area contributed by atoms with Crippen molar-refractivity contribution in [3.8, 4) is 5.75 Å². The predicted octanol–water partition coefficient (Wildman–Crippen LogP) is 2.64. The van der Waals surface area contributed by atoms with Crippen LogP contribution in [0.2, 0.25) is 0 Å². The third-order valence-electron chi connectivity index (χ3n) is 4.78. The molecule has 1 heterocycles. The summed E-state index contributed by atoms with van der Waals surface area (Å²) in [6, 6.07) is 12.6. The summed E-state index contributed by atoms with van der Waals surface area (Å²) in [7, 11) is -2.01. The monoisotopic (exact) mass is 388 g/mol. The molecule has 0 aliphatic carbocycles. The molecule has 0 radical (unpaired) electrons. The average molecular weight is 388 g/mol. The standard InChI is InChI=1S/C20H24N2O4S/c1-14-4-5-15(2)19(10-14)27(24,25)21-12-16-11-20(23)22(13-16)17-6-8-18(26-3)9-7-17/h4-10,16,21H,11-13H2,1-3H3. The van der Waals surface area contributed by atoms with Gasteiger partial charge in [-0.3, -0.25) is 4.79 Å². The zero-order chi connectivity index (χ0) is 19.6. The quantitative estimate of drug-likeness (QED) is 0.825. The fraction of sp³-hybridized carbons (Fsp3) is 0.350. The van der Waals surface area contributed by atoms with E-state index in [4.69, 9.17) is 4.74 Å². The molecule has 6 nitrogen and oxygen atoms in total. The first-order valence-corrected chi connectivity index (χ1v) is 10.3. The summed E-state index contributed by atoms with van der Waals surface area (Å²) in [5.41, 5.74) is 2.39. The van der Waals surface area contributed by atoms with E-state index in [1.54, 1.807) is 43.2 Å². The van der Waals surface area contributed by atoms with Gasteiger partial charge in [0.25, 0.3) is 0 Å². The molecule has 1 saturated heterocycles. The highest BCUT2D eigenvalue weighted by Gasteiger charge is 2.31. The smallest absolute Gasteiger partial charge is 0.240 e. The van der Waals surface area contributed by atoms with E-state index in [9.17, 15) is 13.2 Å². The number of anilines is 1. The molecule has 144 valence electrons. The van der Waals surface area contributed by atoms with Gasteiger partial charge in [0, 0.05) is 25.2 Å². The van der Waals surface area contributed by atoms with Crippen LogP contribution in [0.4, 0.5) is 5.69 Å². The Balaban J connectivity index is 1.66. The molecule has 1 aliphatic heterocycles. The van der Waals surface area contributed by atoms with Crippen LogP contribution in [0.15, 0.2) is 47.4 Å². The summed E-state index contributed by atoms with van der Waals surface area (Å²) >= 11 is 0. The van der Waals surface area contributed by atoms with Crippen molar-refractivity contribution in [2.45, 2.75) is 25.2 Å². The summed E-state index contributed by atoms with van der Waals surface area (Å²) in [4.78, 5) is 14.3. The molecule has 0 spiro atoms. The van der Waals surface area contributed by atoms with Crippen LogP contribution in [0, 0.1) is 19.8 Å². The van der Waals surface area contributed by atoms with Crippen LogP contribution in [-0.4, -0.2) is 34.5 Å². The highest BCUT2D eigenvalue weighted by atomic mass is 32.2. The number of ether oxygens (including phenoxy) is 1. The minimum absolute atomic E-state index is 0.00361. The molecule has 0 aromatic heterocycles. The summed E-state index contributed by atoms with van der Waals surface area (Å²) in [5.74, 6) is 0.652. The Morgan fingerprint density at radius 3 is 2.52 bits per heavy atom. The van der Waals surface area contributed by atoms with E-state index in [1.807, 2.05) is 25.1 Å². The van der Waals surface area contributed by atoms with Crippen LogP contribution < -0.4 is 14.4 Å². The van der Waals surface area contributed by atoms with E-state index >= 15 is 0 Å². The van der Waals surface area contributed by atoms with Crippen LogP contribution in [0.3, 0.4) is 0 Å². The highest BCUT2D eigenvalue weighted by molar-refractivity contribution is 7.89. The molecule has 0 bridgehead atoms.